The zero-order valence-corrected chi connectivity index (χ0v) is 22.3. The molecule has 0 saturated carbocycles. The van der Waals surface area contributed by atoms with Crippen LogP contribution in [0.3, 0.4) is 0 Å². The maximum Gasteiger partial charge on any atom is 0.319 e. The third kappa shape index (κ3) is 6.19. The van der Waals surface area contributed by atoms with Gasteiger partial charge in [-0.3, -0.25) is 4.98 Å². The van der Waals surface area contributed by atoms with Crippen molar-refractivity contribution in [1.82, 2.24) is 19.5 Å². The number of halogens is 1. The van der Waals surface area contributed by atoms with Gasteiger partial charge in [0.25, 0.3) is 0 Å². The van der Waals surface area contributed by atoms with E-state index in [4.69, 9.17) is 0 Å². The van der Waals surface area contributed by atoms with Crippen molar-refractivity contribution in [3.63, 3.8) is 0 Å². The van der Waals surface area contributed by atoms with E-state index < -0.39 is 10.0 Å². The van der Waals surface area contributed by atoms with Gasteiger partial charge in [0.15, 0.2) is 0 Å². The Morgan fingerprint density at radius 2 is 1.83 bits per heavy atom. The van der Waals surface area contributed by atoms with Gasteiger partial charge in [-0.15, -0.1) is 0 Å². The number of aryl methyl sites for hydroxylation is 1. The maximum absolute atomic E-state index is 13.0. The van der Waals surface area contributed by atoms with E-state index in [-0.39, 0.29) is 12.1 Å². The summed E-state index contributed by atoms with van der Waals surface area (Å²) in [7, 11) is -1.86. The van der Waals surface area contributed by atoms with E-state index in [1.165, 1.54) is 4.31 Å². The number of likely N-dealkylation sites (tertiary alicyclic amines) is 1. The zero-order chi connectivity index (χ0) is 25.0. The lowest BCUT2D eigenvalue weighted by molar-refractivity contribution is 0.170. The number of pyridine rings is 1. The number of anilines is 1. The monoisotopic (exact) mass is 559 g/mol. The number of piperidine rings is 1. The maximum atomic E-state index is 13.0. The highest BCUT2D eigenvalue weighted by Crippen LogP contribution is 2.24. The Balaban J connectivity index is 1.24. The average Bonchev–Trinajstić information content (AvgIpc) is 2.84. The lowest BCUT2D eigenvalue weighted by Crippen LogP contribution is -2.47. The van der Waals surface area contributed by atoms with E-state index in [0.29, 0.717) is 18.0 Å². The minimum Gasteiger partial charge on any atom is -0.337 e. The fourth-order valence-electron chi connectivity index (χ4n) is 4.38. The molecule has 186 valence electrons. The number of sulfonamides is 1. The topological polar surface area (TPSA) is 94.6 Å². The number of hydrogen-bond donors (Lipinski definition) is 2. The molecule has 2 heterocycles. The normalized spacial score (nSPS) is 15.4. The van der Waals surface area contributed by atoms with E-state index in [9.17, 15) is 13.2 Å². The first kappa shape index (κ1) is 25.6. The number of fused-ring (bicyclic) bond motifs is 1. The molecule has 0 aliphatic carbocycles. The van der Waals surface area contributed by atoms with Crippen molar-refractivity contribution in [2.45, 2.75) is 30.7 Å². The van der Waals surface area contributed by atoms with Gasteiger partial charge in [-0.1, -0.05) is 34.1 Å². The number of nitrogens with one attached hydrogen (secondary N) is 2. The van der Waals surface area contributed by atoms with Crippen molar-refractivity contribution >= 4 is 48.6 Å². The molecule has 0 spiro atoms. The van der Waals surface area contributed by atoms with Crippen LogP contribution in [0.15, 0.2) is 64.0 Å². The lowest BCUT2D eigenvalue weighted by Gasteiger charge is -2.36. The van der Waals surface area contributed by atoms with Crippen LogP contribution in [0.5, 0.6) is 0 Å². The summed E-state index contributed by atoms with van der Waals surface area (Å²) >= 11 is 3.34. The smallest absolute Gasteiger partial charge is 0.319 e. The molecule has 3 aromatic rings. The molecule has 0 radical (unpaired) electrons. The second kappa shape index (κ2) is 11.0. The fourth-order valence-corrected chi connectivity index (χ4v) is 6.06. The van der Waals surface area contributed by atoms with Gasteiger partial charge in [0, 0.05) is 41.7 Å². The van der Waals surface area contributed by atoms with E-state index >= 15 is 0 Å². The van der Waals surface area contributed by atoms with Gasteiger partial charge >= 0.3 is 6.03 Å². The molecule has 1 aliphatic heterocycles. The molecule has 0 bridgehead atoms. The van der Waals surface area contributed by atoms with Crippen LogP contribution in [0.4, 0.5) is 10.5 Å². The zero-order valence-electron chi connectivity index (χ0n) is 19.9. The first-order valence-corrected chi connectivity index (χ1v) is 13.8. The Morgan fingerprint density at radius 1 is 1.14 bits per heavy atom. The van der Waals surface area contributed by atoms with Crippen molar-refractivity contribution < 1.29 is 13.2 Å². The first-order valence-electron chi connectivity index (χ1n) is 11.6. The van der Waals surface area contributed by atoms with Crippen LogP contribution in [0.25, 0.3) is 10.9 Å². The van der Waals surface area contributed by atoms with Crippen molar-refractivity contribution in [2.24, 2.45) is 0 Å². The highest BCUT2D eigenvalue weighted by molar-refractivity contribution is 9.10. The molecule has 2 amide bonds. The number of para-hydroxylation sites is 1. The van der Waals surface area contributed by atoms with Gasteiger partial charge in [-0.25, -0.2) is 13.2 Å². The molecule has 0 unspecified atom stereocenters. The summed E-state index contributed by atoms with van der Waals surface area (Å²) in [6.45, 7) is 4.68. The van der Waals surface area contributed by atoms with Crippen LogP contribution < -0.4 is 10.6 Å². The third-order valence-electron chi connectivity index (χ3n) is 6.37. The van der Waals surface area contributed by atoms with Crippen molar-refractivity contribution in [3.8, 4) is 0 Å². The molecule has 0 atom stereocenters. The minimum absolute atomic E-state index is 0.0423. The number of carbonyl (C=O) groups excluding carboxylic acids is 1. The van der Waals surface area contributed by atoms with Gasteiger partial charge < -0.3 is 15.5 Å². The van der Waals surface area contributed by atoms with Gasteiger partial charge in [0.1, 0.15) is 0 Å². The Labute approximate surface area is 214 Å². The number of hydrogen-bond acceptors (Lipinski definition) is 5. The number of carbonyl (C=O) groups is 1. The van der Waals surface area contributed by atoms with Crippen LogP contribution >= 0.6 is 15.9 Å². The minimum atomic E-state index is -3.53. The fraction of sp³-hybridized carbons (Fsp3) is 0.360. The van der Waals surface area contributed by atoms with E-state index in [1.807, 2.05) is 37.3 Å². The summed E-state index contributed by atoms with van der Waals surface area (Å²) < 4.78 is 28.3. The summed E-state index contributed by atoms with van der Waals surface area (Å²) in [5.74, 6) is 0. The molecule has 2 N–H and O–H groups in total. The number of rotatable bonds is 7. The second-order valence-corrected chi connectivity index (χ2v) is 11.7. The molecule has 1 fully saturated rings. The number of nitrogens with zero attached hydrogens (tertiary/aromatic N) is 3. The SMILES string of the molecule is Cc1cc(NC(=O)NCCN2CCC(N(C)S(=O)(=O)c3ccc(Br)cc3)CC2)c2ccccc2n1. The Bertz CT molecular complexity index is 1290. The highest BCUT2D eigenvalue weighted by Gasteiger charge is 2.30. The third-order valence-corrected chi connectivity index (χ3v) is 8.82. The number of amides is 2. The van der Waals surface area contributed by atoms with Gasteiger partial charge in [-0.05, 0) is 69.3 Å². The molecule has 1 aliphatic rings. The van der Waals surface area contributed by atoms with E-state index in [2.05, 4.69) is 36.4 Å². The summed E-state index contributed by atoms with van der Waals surface area (Å²) in [6, 6.07) is 16.0. The average molecular weight is 561 g/mol. The summed E-state index contributed by atoms with van der Waals surface area (Å²) in [5, 5.41) is 6.76. The molecule has 10 heteroatoms. The second-order valence-electron chi connectivity index (χ2n) is 8.76. The Hall–Kier alpha value is -2.53. The molecule has 35 heavy (non-hydrogen) atoms. The van der Waals surface area contributed by atoms with Crippen molar-refractivity contribution in [1.29, 1.82) is 0 Å². The Morgan fingerprint density at radius 3 is 2.54 bits per heavy atom. The van der Waals surface area contributed by atoms with Gasteiger partial charge in [0.05, 0.1) is 16.1 Å². The molecule has 1 saturated heterocycles. The number of benzene rings is 2. The predicted molar refractivity (Wildman–Crippen MR) is 142 cm³/mol. The first-order chi connectivity index (χ1) is 16.7. The standard InChI is InChI=1S/C25H30BrN5O3S/c1-18-17-24(22-5-3-4-6-23(22)28-18)29-25(32)27-13-16-31-14-11-20(12-15-31)30(2)35(33,34)21-9-7-19(26)8-10-21/h3-10,17,20H,11-16H2,1-2H3,(H2,27,28,29,32). The van der Waals surface area contributed by atoms with E-state index in [1.54, 1.807) is 31.3 Å². The van der Waals surface area contributed by atoms with E-state index in [0.717, 1.165) is 52.7 Å². The predicted octanol–water partition coefficient (Wildman–Crippen LogP) is 4.21. The number of urea groups is 1. The number of aromatic nitrogens is 1. The molecule has 2 aromatic carbocycles. The molecule has 1 aromatic heterocycles. The van der Waals surface area contributed by atoms with Crippen LogP contribution in [0, 0.1) is 6.92 Å². The summed E-state index contributed by atoms with van der Waals surface area (Å²) in [4.78, 5) is 19.5. The highest BCUT2D eigenvalue weighted by atomic mass is 79.9. The van der Waals surface area contributed by atoms with Crippen molar-refractivity contribution in [3.05, 3.63) is 64.8 Å². The Kier molecular flexibility index (Phi) is 8.05. The molecular formula is C25H30BrN5O3S. The van der Waals surface area contributed by atoms with Crippen LogP contribution in [-0.2, 0) is 10.0 Å². The summed E-state index contributed by atoms with van der Waals surface area (Å²) in [5.41, 5.74) is 2.42. The van der Waals surface area contributed by atoms with Crippen LogP contribution in [0.1, 0.15) is 18.5 Å². The summed E-state index contributed by atoms with van der Waals surface area (Å²) in [6.07, 6.45) is 1.50. The molecular weight excluding hydrogens is 530 g/mol. The molecule has 8 nitrogen and oxygen atoms in total. The van der Waals surface area contributed by atoms with Gasteiger partial charge in [-0.2, -0.15) is 4.31 Å². The lowest BCUT2D eigenvalue weighted by atomic mass is 10.1. The molecule has 4 rings (SSSR count). The van der Waals surface area contributed by atoms with Crippen LogP contribution in [-0.4, -0.2) is 67.9 Å². The largest absolute Gasteiger partial charge is 0.337 e. The quantitative estimate of drug-likeness (QED) is 0.452. The van der Waals surface area contributed by atoms with Crippen molar-refractivity contribution in [2.75, 3.05) is 38.5 Å². The van der Waals surface area contributed by atoms with Gasteiger partial charge in [0.2, 0.25) is 10.0 Å². The van der Waals surface area contributed by atoms with Crippen LogP contribution in [0.2, 0.25) is 0 Å².